The fraction of sp³-hybridized carbons (Fsp3) is 0.468. The van der Waals surface area contributed by atoms with Crippen molar-refractivity contribution in [2.75, 3.05) is 49.4 Å². The lowest BCUT2D eigenvalue weighted by Crippen LogP contribution is -2.46. The molecule has 4 heterocycles. The molecule has 2 aromatic carbocycles. The van der Waals surface area contributed by atoms with Gasteiger partial charge in [0.1, 0.15) is 34.6 Å². The summed E-state index contributed by atoms with van der Waals surface area (Å²) in [6.07, 6.45) is 3.63. The van der Waals surface area contributed by atoms with Crippen LogP contribution in [0, 0.1) is 30.6 Å². The number of ketones is 1. The number of carbonyl (C=O) groups excluding carboxylic acids is 3. The van der Waals surface area contributed by atoms with Gasteiger partial charge >= 0.3 is 11.8 Å². The largest absolute Gasteiger partial charge is 0.507 e. The first-order chi connectivity index (χ1) is 30.1. The third kappa shape index (κ3) is 7.71. The van der Waals surface area contributed by atoms with Gasteiger partial charge in [-0.1, -0.05) is 45.9 Å². The van der Waals surface area contributed by atoms with Crippen LogP contribution in [0.4, 0.5) is 17.1 Å². The molecule has 5 N–H and O–H groups in total. The predicted molar refractivity (Wildman–Crippen MR) is 245 cm³/mol. The molecule has 0 radical (unpaired) electrons. The van der Waals surface area contributed by atoms with E-state index in [1.54, 1.807) is 52.8 Å². The number of nitrogens with one attached hydrogen (secondary N) is 1. The van der Waals surface area contributed by atoms with Crippen molar-refractivity contribution in [3.05, 3.63) is 63.6 Å². The fourth-order valence-electron chi connectivity index (χ4n) is 9.11. The molecule has 0 aromatic heterocycles. The molecule has 0 saturated heterocycles. The zero-order valence-electron chi connectivity index (χ0n) is 37.8. The molecule has 0 unspecified atom stereocenters. The lowest BCUT2D eigenvalue weighted by atomic mass is 9.78. The van der Waals surface area contributed by atoms with Gasteiger partial charge in [0.15, 0.2) is 0 Å². The number of carbonyl (C=O) groups is 3. The number of esters is 1. The highest BCUT2D eigenvalue weighted by atomic mass is 32.1. The summed E-state index contributed by atoms with van der Waals surface area (Å²) in [4.78, 5) is 65.4. The zero-order chi connectivity index (χ0) is 46.8. The number of anilines is 3. The standard InChI is InChI=1S/C47H56N4O12S/c1-20-13-12-14-21(2)46(59)49-35-40(57)31-30(34-43(35)64-44-33(48-34)28(53)19-27-36(44)51(10)17-16-50(27)9)32-42(25(6)39(31)56)63-47(8,45(32)58)61-18-15-29(60-11)22(3)41(62-26(7)52)24(5)38(55)23(4)37(20)54/h12-15,18-20,22-24,29,37-38,41,53-56H,16-17H2,1-11H3,(H,49,59)/b13-12+,18-15+,21-14-/t20-,22+,23+,24+,29-,37-,38+,41+,47-/m0/s1. The number of aromatic nitrogens is 1. The minimum Gasteiger partial charge on any atom is -0.507 e. The average molecular weight is 901 g/mol. The molecule has 0 saturated carbocycles. The maximum absolute atomic E-state index is 14.9. The number of fused-ring (bicyclic) bond motifs is 4. The van der Waals surface area contributed by atoms with Crippen molar-refractivity contribution in [3.63, 3.8) is 0 Å². The molecule has 4 aliphatic heterocycles. The van der Waals surface area contributed by atoms with Crippen LogP contribution in [0.5, 0.6) is 17.2 Å². The van der Waals surface area contributed by atoms with Crippen LogP contribution >= 0.6 is 11.3 Å². The number of phenolic OH excluding ortho intramolecular Hbond substituents is 2. The molecule has 4 bridgehead atoms. The Bertz CT molecular complexity index is 2690. The third-order valence-electron chi connectivity index (χ3n) is 13.1. The monoisotopic (exact) mass is 900 g/mol. The van der Waals surface area contributed by atoms with Crippen molar-refractivity contribution in [3.8, 4) is 27.8 Å². The summed E-state index contributed by atoms with van der Waals surface area (Å²) in [6.45, 7) is 14.0. The Morgan fingerprint density at radius 1 is 0.984 bits per heavy atom. The second kappa shape index (κ2) is 17.3. The Morgan fingerprint density at radius 2 is 1.67 bits per heavy atom. The number of nitrogens with zero attached hydrogens (tertiary/aromatic N) is 3. The van der Waals surface area contributed by atoms with E-state index in [2.05, 4.69) is 5.32 Å². The second-order valence-electron chi connectivity index (χ2n) is 17.5. The van der Waals surface area contributed by atoms with Gasteiger partial charge in [-0.25, -0.2) is 4.98 Å². The molecule has 342 valence electrons. The molecule has 7 rings (SSSR count). The summed E-state index contributed by atoms with van der Waals surface area (Å²) in [5, 5.41) is 48.9. The van der Waals surface area contributed by atoms with Crippen LogP contribution in [0.25, 0.3) is 31.6 Å². The first kappa shape index (κ1) is 46.2. The lowest BCUT2D eigenvalue weighted by molar-refractivity contribution is -0.160. The molecule has 0 fully saturated rings. The minimum atomic E-state index is -2.05. The number of aromatic hydroxyl groups is 2. The number of aliphatic hydroxyl groups excluding tert-OH is 2. The number of hydrogen-bond donors (Lipinski definition) is 5. The van der Waals surface area contributed by atoms with Crippen LogP contribution in [0.2, 0.25) is 0 Å². The molecular formula is C47H56N4O12S. The Balaban J connectivity index is 1.49. The van der Waals surface area contributed by atoms with E-state index < -0.39 is 82.7 Å². The van der Waals surface area contributed by atoms with Gasteiger partial charge < -0.3 is 54.5 Å². The van der Waals surface area contributed by atoms with E-state index in [-0.39, 0.29) is 60.7 Å². The quantitative estimate of drug-likeness (QED) is 0.0885. The number of allylic oxidation sites excluding steroid dienone is 2. The van der Waals surface area contributed by atoms with Gasteiger partial charge in [-0.05, 0) is 19.9 Å². The normalized spacial score (nSPS) is 29.9. The molecule has 9 atom stereocenters. The van der Waals surface area contributed by atoms with Crippen LogP contribution < -0.4 is 25.3 Å². The van der Waals surface area contributed by atoms with E-state index in [0.29, 0.717) is 17.8 Å². The third-order valence-corrected chi connectivity index (χ3v) is 14.3. The summed E-state index contributed by atoms with van der Waals surface area (Å²) in [5.41, 5.74) is 0.853. The number of rotatable bonds is 2. The number of hydrogen-bond acceptors (Lipinski definition) is 16. The van der Waals surface area contributed by atoms with Gasteiger partial charge in [0.25, 0.3) is 11.7 Å². The Labute approximate surface area is 374 Å². The highest BCUT2D eigenvalue weighted by Crippen LogP contribution is 2.53. The molecule has 64 heavy (non-hydrogen) atoms. The topological polar surface area (TPSA) is 218 Å². The van der Waals surface area contributed by atoms with Crippen LogP contribution in [0.15, 0.2) is 47.0 Å². The number of benzene rings is 3. The van der Waals surface area contributed by atoms with Gasteiger partial charge in [-0.15, -0.1) is 11.3 Å². The first-order valence-electron chi connectivity index (χ1n) is 21.2. The van der Waals surface area contributed by atoms with E-state index in [9.17, 15) is 39.6 Å². The van der Waals surface area contributed by atoms with E-state index >= 15 is 0 Å². The van der Waals surface area contributed by atoms with Crippen molar-refractivity contribution < 1.29 is 53.8 Å². The lowest BCUT2D eigenvalue weighted by Gasteiger charge is -2.38. The molecule has 1 aliphatic carbocycles. The van der Waals surface area contributed by atoms with Crippen LogP contribution in [0.3, 0.4) is 0 Å². The number of Topliss-reactive ketones (excluding diaryl/α,β-unsaturated/α-hetero) is 1. The fourth-order valence-corrected chi connectivity index (χ4v) is 10.4. The van der Waals surface area contributed by atoms with Crippen molar-refractivity contribution in [2.45, 2.75) is 85.6 Å². The van der Waals surface area contributed by atoms with Crippen molar-refractivity contribution in [1.82, 2.24) is 4.98 Å². The first-order valence-corrected chi connectivity index (χ1v) is 22.0. The number of aliphatic hydroxyl groups is 2. The SMILES string of the molecule is CO[C@H]1/C=C/O[C@@]2(C)Oc3c(C)c(O)c4c(=O)c(c5sc6c7c(cc(O)c6nc-5c4c3C2=O)N(C)CCN7C)NC(=O)/C(C)=C\C=C\[C@H](C)[C@H](O)[C@@H](C)[C@@H](O)[C@@H](C)[C@H](OC(C)=O)[C@@H]1C. The van der Waals surface area contributed by atoms with Gasteiger partial charge in [-0.2, -0.15) is 0 Å². The number of phenols is 2. The van der Waals surface area contributed by atoms with E-state index in [1.165, 1.54) is 46.3 Å². The van der Waals surface area contributed by atoms with Crippen molar-refractivity contribution >= 4 is 67.0 Å². The van der Waals surface area contributed by atoms with Gasteiger partial charge in [-0.3, -0.25) is 19.2 Å². The van der Waals surface area contributed by atoms with Gasteiger partial charge in [0.05, 0.1) is 62.2 Å². The molecule has 0 spiro atoms. The average Bonchev–Trinajstić information content (AvgIpc) is 3.52. The molecule has 1 amide bonds. The molecular weight excluding hydrogens is 845 g/mol. The van der Waals surface area contributed by atoms with E-state index in [0.717, 1.165) is 22.7 Å². The zero-order valence-corrected chi connectivity index (χ0v) is 38.6. The number of ether oxygens (including phenoxy) is 4. The highest BCUT2D eigenvalue weighted by Gasteiger charge is 2.50. The van der Waals surface area contributed by atoms with Gasteiger partial charge in [0.2, 0.25) is 5.43 Å². The second-order valence-corrected chi connectivity index (χ2v) is 18.5. The summed E-state index contributed by atoms with van der Waals surface area (Å²) in [6, 6.07) is 1.61. The van der Waals surface area contributed by atoms with Crippen LogP contribution in [0.1, 0.15) is 64.4 Å². The van der Waals surface area contributed by atoms with Crippen molar-refractivity contribution in [2.24, 2.45) is 23.7 Å². The maximum Gasteiger partial charge on any atom is 0.312 e. The summed E-state index contributed by atoms with van der Waals surface area (Å²) in [7, 11) is 5.25. The molecule has 2 aromatic rings. The summed E-state index contributed by atoms with van der Waals surface area (Å²) in [5.74, 6) is -7.23. The predicted octanol–water partition coefficient (Wildman–Crippen LogP) is 6.01. The van der Waals surface area contributed by atoms with Crippen LogP contribution in [-0.4, -0.2) is 108 Å². The molecule has 17 heteroatoms. The summed E-state index contributed by atoms with van der Waals surface area (Å²) >= 11 is 1.10. The van der Waals surface area contributed by atoms with Gasteiger partial charge in [0, 0.05) is 94.4 Å². The Hall–Kier alpha value is -5.75. The van der Waals surface area contributed by atoms with E-state index in [1.807, 2.05) is 23.9 Å². The maximum atomic E-state index is 14.9. The smallest absolute Gasteiger partial charge is 0.312 e. The van der Waals surface area contributed by atoms with Crippen LogP contribution in [-0.2, 0) is 23.8 Å². The number of methoxy groups -OCH3 is 1. The molecule has 5 aliphatic rings. The van der Waals surface area contributed by atoms with E-state index in [4.69, 9.17) is 23.9 Å². The van der Waals surface area contributed by atoms with Crippen molar-refractivity contribution in [1.29, 1.82) is 0 Å². The molecule has 16 nitrogen and oxygen atoms in total. The Kier molecular flexibility index (Phi) is 12.5. The minimum absolute atomic E-state index is 0.0433. The summed E-state index contributed by atoms with van der Waals surface area (Å²) < 4.78 is 24.5. The highest BCUT2D eigenvalue weighted by molar-refractivity contribution is 7.22. The number of amides is 1. The Morgan fingerprint density at radius 3 is 2.34 bits per heavy atom. The number of likely N-dealkylation sites (N-methyl/N-ethyl adjacent to an activating group) is 2.